The normalized spacial score (nSPS) is 27.1. The zero-order chi connectivity index (χ0) is 24.6. The molecule has 1 saturated heterocycles. The number of hydrogen-bond acceptors (Lipinski definition) is 4. The minimum atomic E-state index is -4.59. The summed E-state index contributed by atoms with van der Waals surface area (Å²) in [7, 11) is 0. The monoisotopic (exact) mass is 481 g/mol. The molecule has 2 N–H and O–H groups in total. The molecule has 2 aliphatic heterocycles. The lowest BCUT2D eigenvalue weighted by molar-refractivity contribution is -0.144. The van der Waals surface area contributed by atoms with Crippen LogP contribution in [0.15, 0.2) is 23.0 Å². The summed E-state index contributed by atoms with van der Waals surface area (Å²) in [5.41, 5.74) is 0.571. The van der Waals surface area contributed by atoms with Crippen LogP contribution in [0.25, 0.3) is 6.08 Å². The van der Waals surface area contributed by atoms with Gasteiger partial charge in [0.1, 0.15) is 6.54 Å². The Balaban J connectivity index is 1.78. The number of halogens is 3. The first kappa shape index (κ1) is 24.5. The van der Waals surface area contributed by atoms with Crippen molar-refractivity contribution in [1.29, 1.82) is 0 Å². The Morgan fingerprint density at radius 3 is 2.53 bits per heavy atom. The van der Waals surface area contributed by atoms with Crippen molar-refractivity contribution in [2.24, 2.45) is 17.8 Å². The van der Waals surface area contributed by atoms with E-state index in [1.165, 1.54) is 4.57 Å². The van der Waals surface area contributed by atoms with Crippen molar-refractivity contribution in [1.82, 2.24) is 14.8 Å². The van der Waals surface area contributed by atoms with E-state index >= 15 is 0 Å². The number of fused-ring (bicyclic) bond motifs is 4. The lowest BCUT2D eigenvalue weighted by atomic mass is 9.86. The number of carbonyl (C=O) groups excluding carboxylic acids is 2. The second-order valence-electron chi connectivity index (χ2n) is 9.43. The van der Waals surface area contributed by atoms with Crippen molar-refractivity contribution in [3.05, 3.63) is 39.8 Å². The molecule has 0 unspecified atom stereocenters. The van der Waals surface area contributed by atoms with E-state index < -0.39 is 49.2 Å². The molecule has 186 valence electrons. The molecule has 4 atom stereocenters. The van der Waals surface area contributed by atoms with Crippen LogP contribution >= 0.6 is 0 Å². The van der Waals surface area contributed by atoms with Gasteiger partial charge in [0.05, 0.1) is 18.0 Å². The molecule has 2 amide bonds. The van der Waals surface area contributed by atoms with Crippen molar-refractivity contribution in [2.45, 2.75) is 63.8 Å². The lowest BCUT2D eigenvalue weighted by Gasteiger charge is -2.40. The Kier molecular flexibility index (Phi) is 6.89. The van der Waals surface area contributed by atoms with Gasteiger partial charge in [-0.1, -0.05) is 31.4 Å². The predicted molar refractivity (Wildman–Crippen MR) is 118 cm³/mol. The second kappa shape index (κ2) is 9.56. The number of allylic oxidation sites excluding steroid dienone is 1. The molecule has 2 bridgehead atoms. The second-order valence-corrected chi connectivity index (χ2v) is 9.43. The van der Waals surface area contributed by atoms with Crippen LogP contribution in [-0.2, 0) is 16.1 Å². The summed E-state index contributed by atoms with van der Waals surface area (Å²) in [5.74, 6) is -3.12. The molecule has 1 aromatic rings. The Morgan fingerprint density at radius 2 is 1.91 bits per heavy atom. The zero-order valence-electron chi connectivity index (χ0n) is 19.1. The van der Waals surface area contributed by atoms with E-state index in [1.54, 1.807) is 36.1 Å². The number of pyridine rings is 1. The lowest BCUT2D eigenvalue weighted by Crippen LogP contribution is -2.51. The third-order valence-corrected chi connectivity index (χ3v) is 7.39. The van der Waals surface area contributed by atoms with E-state index in [4.69, 9.17) is 0 Å². The van der Waals surface area contributed by atoms with E-state index in [-0.39, 0.29) is 23.9 Å². The Labute approximate surface area is 195 Å². The van der Waals surface area contributed by atoms with Gasteiger partial charge in [-0.3, -0.25) is 14.4 Å². The van der Waals surface area contributed by atoms with Crippen LogP contribution < -0.4 is 10.9 Å². The molecule has 2 fully saturated rings. The molecule has 3 aliphatic rings. The van der Waals surface area contributed by atoms with Crippen molar-refractivity contribution < 1.29 is 27.9 Å². The summed E-state index contributed by atoms with van der Waals surface area (Å²) in [5, 5.41) is 12.2. The standard InChI is InChI=1S/C24H30F3N3O4/c1-2-6-14-9-10-17-20-19(21(32)28-13-24(25,26)27)16(12-31)18(11-29(17)22(14)33)30(20)23(34)15-7-4-3-5-8-15/h2,6,9-10,15-16,18-20,31H,3-5,7-8,11-13H2,1H3,(H,28,32)/b6-2-/t16-,18-,19+,20+/m0/s1. The van der Waals surface area contributed by atoms with Gasteiger partial charge in [0.2, 0.25) is 11.8 Å². The molecule has 0 radical (unpaired) electrons. The first-order valence-corrected chi connectivity index (χ1v) is 11.8. The van der Waals surface area contributed by atoms with Gasteiger partial charge in [0.15, 0.2) is 0 Å². The van der Waals surface area contributed by atoms with Crippen molar-refractivity contribution >= 4 is 17.9 Å². The summed E-state index contributed by atoms with van der Waals surface area (Å²) < 4.78 is 40.0. The van der Waals surface area contributed by atoms with E-state index in [0.29, 0.717) is 11.3 Å². The maximum atomic E-state index is 13.7. The van der Waals surface area contributed by atoms with Gasteiger partial charge in [-0.05, 0) is 31.9 Å². The molecule has 1 saturated carbocycles. The maximum Gasteiger partial charge on any atom is 0.405 e. The van der Waals surface area contributed by atoms with Crippen molar-refractivity contribution in [3.8, 4) is 0 Å². The first-order valence-electron chi connectivity index (χ1n) is 11.8. The van der Waals surface area contributed by atoms with Crippen LogP contribution in [0.3, 0.4) is 0 Å². The number of nitrogens with one attached hydrogen (secondary N) is 1. The first-order chi connectivity index (χ1) is 16.2. The minimum absolute atomic E-state index is 0.0861. The Morgan fingerprint density at radius 1 is 1.21 bits per heavy atom. The SMILES string of the molecule is C/C=C\c1ccc2n(c1=O)C[C@H]1[C@H](CO)[C@@H](C(=O)NCC(F)(F)F)[C@@H]2N1C(=O)C1CCCCC1. The fraction of sp³-hybridized carbons (Fsp3) is 0.625. The molecule has 10 heteroatoms. The molecule has 7 nitrogen and oxygen atoms in total. The quantitative estimate of drug-likeness (QED) is 0.677. The van der Waals surface area contributed by atoms with Crippen molar-refractivity contribution in [2.75, 3.05) is 13.2 Å². The van der Waals surface area contributed by atoms with E-state index in [0.717, 1.165) is 32.1 Å². The van der Waals surface area contributed by atoms with Crippen LogP contribution in [0, 0.1) is 17.8 Å². The molecule has 1 aromatic heterocycles. The zero-order valence-corrected chi connectivity index (χ0v) is 19.1. The highest BCUT2D eigenvalue weighted by Crippen LogP contribution is 2.49. The highest BCUT2D eigenvalue weighted by Gasteiger charge is 2.58. The average Bonchev–Trinajstić information content (AvgIpc) is 3.05. The number of alkyl halides is 3. The number of amides is 2. The smallest absolute Gasteiger partial charge is 0.396 e. The van der Waals surface area contributed by atoms with Crippen LogP contribution in [0.1, 0.15) is 56.3 Å². The highest BCUT2D eigenvalue weighted by molar-refractivity contribution is 5.85. The highest BCUT2D eigenvalue weighted by atomic mass is 19.4. The van der Waals surface area contributed by atoms with Crippen LogP contribution in [0.2, 0.25) is 0 Å². The van der Waals surface area contributed by atoms with E-state index in [2.05, 4.69) is 0 Å². The molecule has 0 aromatic carbocycles. The summed E-state index contributed by atoms with van der Waals surface area (Å²) in [4.78, 5) is 41.4. The van der Waals surface area contributed by atoms with E-state index in [1.807, 2.05) is 5.32 Å². The van der Waals surface area contributed by atoms with Gasteiger partial charge >= 0.3 is 6.18 Å². The van der Waals surface area contributed by atoms with Gasteiger partial charge < -0.3 is 19.9 Å². The summed E-state index contributed by atoms with van der Waals surface area (Å²) in [6.07, 6.45) is 3.11. The van der Waals surface area contributed by atoms with Gasteiger partial charge in [0, 0.05) is 36.2 Å². The number of carbonyl (C=O) groups is 2. The van der Waals surface area contributed by atoms with Crippen LogP contribution in [0.5, 0.6) is 0 Å². The average molecular weight is 482 g/mol. The fourth-order valence-electron chi connectivity index (χ4n) is 5.90. The summed E-state index contributed by atoms with van der Waals surface area (Å²) in [6, 6.07) is 1.71. The molecule has 1 aliphatic carbocycles. The third-order valence-electron chi connectivity index (χ3n) is 7.39. The molecule has 0 spiro atoms. The molecular formula is C24H30F3N3O4. The van der Waals surface area contributed by atoms with Crippen LogP contribution in [0.4, 0.5) is 13.2 Å². The number of aliphatic hydroxyl groups excluding tert-OH is 1. The molecule has 3 heterocycles. The molecule has 4 rings (SSSR count). The van der Waals surface area contributed by atoms with Crippen LogP contribution in [-0.4, -0.2) is 51.8 Å². The molecular weight excluding hydrogens is 451 g/mol. The van der Waals surface area contributed by atoms with Crippen molar-refractivity contribution in [3.63, 3.8) is 0 Å². The summed E-state index contributed by atoms with van der Waals surface area (Å²) >= 11 is 0. The topological polar surface area (TPSA) is 91.6 Å². The van der Waals surface area contributed by atoms with Gasteiger partial charge in [-0.15, -0.1) is 0 Å². The maximum absolute atomic E-state index is 13.7. The van der Waals surface area contributed by atoms with Gasteiger partial charge in [-0.25, -0.2) is 0 Å². The Hall–Kier alpha value is -2.62. The Bertz CT molecular complexity index is 1030. The number of aromatic nitrogens is 1. The number of nitrogens with zero attached hydrogens (tertiary/aromatic N) is 2. The molecule has 34 heavy (non-hydrogen) atoms. The number of aliphatic hydroxyl groups is 1. The largest absolute Gasteiger partial charge is 0.405 e. The van der Waals surface area contributed by atoms with Gasteiger partial charge in [0.25, 0.3) is 5.56 Å². The fourth-order valence-corrected chi connectivity index (χ4v) is 5.90. The minimum Gasteiger partial charge on any atom is -0.396 e. The van der Waals surface area contributed by atoms with Gasteiger partial charge in [-0.2, -0.15) is 13.2 Å². The number of hydrogen-bond donors (Lipinski definition) is 2. The third kappa shape index (κ3) is 4.39. The number of rotatable bonds is 5. The summed E-state index contributed by atoms with van der Waals surface area (Å²) in [6.45, 7) is -0.116. The predicted octanol–water partition coefficient (Wildman–Crippen LogP) is 2.63. The van der Waals surface area contributed by atoms with E-state index in [9.17, 15) is 32.7 Å².